The molecule has 6 heteroatoms. The first-order valence-corrected chi connectivity index (χ1v) is 9.74. The summed E-state index contributed by atoms with van der Waals surface area (Å²) in [4.78, 5) is 26.4. The summed E-state index contributed by atoms with van der Waals surface area (Å²) in [5.74, 6) is -0.732. The van der Waals surface area contributed by atoms with Crippen LogP contribution in [0.15, 0.2) is 65.1 Å². The van der Waals surface area contributed by atoms with Gasteiger partial charge in [0.05, 0.1) is 17.7 Å². The monoisotopic (exact) mass is 419 g/mol. The first-order valence-electron chi connectivity index (χ1n) is 9.36. The van der Waals surface area contributed by atoms with Gasteiger partial charge in [0.15, 0.2) is 0 Å². The third-order valence-electron chi connectivity index (χ3n) is 5.30. The molecule has 0 aliphatic carbocycles. The summed E-state index contributed by atoms with van der Waals surface area (Å²) in [6.45, 7) is 1.86. The van der Waals surface area contributed by atoms with Gasteiger partial charge in [-0.05, 0) is 60.5 Å². The highest BCUT2D eigenvalue weighted by Crippen LogP contribution is 2.35. The number of amides is 2. The molecule has 0 fully saturated rings. The van der Waals surface area contributed by atoms with Crippen molar-refractivity contribution in [1.82, 2.24) is 4.90 Å². The minimum absolute atomic E-state index is 0.0261. The van der Waals surface area contributed by atoms with E-state index >= 15 is 0 Å². The first-order chi connectivity index (χ1) is 14.4. The molecule has 1 aromatic heterocycles. The lowest BCUT2D eigenvalue weighted by molar-refractivity contribution is 0.0632. The smallest absolute Gasteiger partial charge is 0.261 e. The molecule has 0 unspecified atom stereocenters. The van der Waals surface area contributed by atoms with E-state index in [0.29, 0.717) is 38.4 Å². The molecule has 1 aliphatic rings. The lowest BCUT2D eigenvalue weighted by atomic mass is 9.99. The Morgan fingerprint density at radius 3 is 2.27 bits per heavy atom. The molecule has 0 radical (unpaired) electrons. The molecule has 1 aliphatic heterocycles. The van der Waals surface area contributed by atoms with Gasteiger partial charge >= 0.3 is 0 Å². The van der Waals surface area contributed by atoms with Crippen LogP contribution in [0.5, 0.6) is 0 Å². The maximum absolute atomic E-state index is 14.3. The standard InChI is InChI=1S/C24H15ClFNO3/c1-13-8-15(25)6-7-18(13)21-11-16(26)9-14-10-17(30-22(14)21)12-27-23(28)19-4-2-3-5-20(19)24(27)29/h2-11H,12H2,1H3. The zero-order valence-electron chi connectivity index (χ0n) is 15.9. The SMILES string of the molecule is Cc1cc(Cl)ccc1-c1cc(F)cc2cc(CN3C(=O)c4ccccc4C3=O)oc12. The highest BCUT2D eigenvalue weighted by molar-refractivity contribution is 6.30. The average Bonchev–Trinajstić information content (AvgIpc) is 3.22. The van der Waals surface area contributed by atoms with Gasteiger partial charge in [0.25, 0.3) is 11.8 Å². The average molecular weight is 420 g/mol. The maximum Gasteiger partial charge on any atom is 0.261 e. The van der Waals surface area contributed by atoms with Crippen molar-refractivity contribution in [2.45, 2.75) is 13.5 Å². The Hall–Kier alpha value is -3.44. The Labute approximate surface area is 176 Å². The highest BCUT2D eigenvalue weighted by Gasteiger charge is 2.35. The van der Waals surface area contributed by atoms with Gasteiger partial charge in [-0.2, -0.15) is 0 Å². The fraction of sp³-hybridized carbons (Fsp3) is 0.0833. The van der Waals surface area contributed by atoms with Crippen LogP contribution in [0.1, 0.15) is 32.0 Å². The molecule has 30 heavy (non-hydrogen) atoms. The molecule has 2 heterocycles. The summed E-state index contributed by atoms with van der Waals surface area (Å²) < 4.78 is 20.3. The molecule has 4 nitrogen and oxygen atoms in total. The van der Waals surface area contributed by atoms with Crippen LogP contribution in [0.3, 0.4) is 0 Å². The van der Waals surface area contributed by atoms with Crippen LogP contribution in [0.2, 0.25) is 5.02 Å². The molecule has 148 valence electrons. The van der Waals surface area contributed by atoms with Crippen molar-refractivity contribution in [2.75, 3.05) is 0 Å². The van der Waals surface area contributed by atoms with E-state index in [-0.39, 0.29) is 18.4 Å². The predicted octanol–water partition coefficient (Wildman–Crippen LogP) is 6.00. The summed E-state index contributed by atoms with van der Waals surface area (Å²) >= 11 is 6.05. The highest BCUT2D eigenvalue weighted by atomic mass is 35.5. The topological polar surface area (TPSA) is 50.5 Å². The second-order valence-corrected chi connectivity index (χ2v) is 7.72. The van der Waals surface area contributed by atoms with Crippen molar-refractivity contribution >= 4 is 34.4 Å². The number of rotatable bonds is 3. The zero-order chi connectivity index (χ0) is 21.0. The first kappa shape index (κ1) is 18.6. The maximum atomic E-state index is 14.3. The van der Waals surface area contributed by atoms with Gasteiger partial charge in [-0.1, -0.05) is 29.8 Å². The molecule has 0 saturated heterocycles. The van der Waals surface area contributed by atoms with Crippen LogP contribution in [-0.2, 0) is 6.54 Å². The summed E-state index contributed by atoms with van der Waals surface area (Å²) in [6, 6.07) is 16.5. The minimum Gasteiger partial charge on any atom is -0.459 e. The van der Waals surface area contributed by atoms with Crippen LogP contribution in [0.25, 0.3) is 22.1 Å². The number of nitrogens with zero attached hydrogens (tertiary/aromatic N) is 1. The van der Waals surface area contributed by atoms with Crippen molar-refractivity contribution in [3.63, 3.8) is 0 Å². The van der Waals surface area contributed by atoms with Crippen molar-refractivity contribution in [3.05, 3.63) is 94.0 Å². The third-order valence-corrected chi connectivity index (χ3v) is 5.54. The van der Waals surface area contributed by atoms with Crippen molar-refractivity contribution < 1.29 is 18.4 Å². The molecule has 5 rings (SSSR count). The van der Waals surface area contributed by atoms with Crippen molar-refractivity contribution in [3.8, 4) is 11.1 Å². The van der Waals surface area contributed by atoms with Crippen LogP contribution >= 0.6 is 11.6 Å². The van der Waals surface area contributed by atoms with Crippen LogP contribution in [0, 0.1) is 12.7 Å². The number of carbonyl (C=O) groups excluding carboxylic acids is 2. The fourth-order valence-electron chi connectivity index (χ4n) is 3.92. The second-order valence-electron chi connectivity index (χ2n) is 7.29. The van der Waals surface area contributed by atoms with E-state index in [1.807, 2.05) is 13.0 Å². The number of halogens is 2. The summed E-state index contributed by atoms with van der Waals surface area (Å²) in [7, 11) is 0. The summed E-state index contributed by atoms with van der Waals surface area (Å²) in [5.41, 5.74) is 3.52. The summed E-state index contributed by atoms with van der Waals surface area (Å²) in [6.07, 6.45) is 0. The van der Waals surface area contributed by atoms with Gasteiger partial charge in [-0.3, -0.25) is 14.5 Å². The van der Waals surface area contributed by atoms with E-state index in [9.17, 15) is 14.0 Å². The van der Waals surface area contributed by atoms with E-state index < -0.39 is 5.82 Å². The van der Waals surface area contributed by atoms with Gasteiger partial charge in [-0.15, -0.1) is 0 Å². The largest absolute Gasteiger partial charge is 0.459 e. The molecule has 0 saturated carbocycles. The van der Waals surface area contributed by atoms with Gasteiger partial charge in [0, 0.05) is 16.0 Å². The molecule has 4 aromatic rings. The normalized spacial score (nSPS) is 13.4. The number of hydrogen-bond donors (Lipinski definition) is 0. The second kappa shape index (κ2) is 6.82. The van der Waals surface area contributed by atoms with Crippen LogP contribution in [-0.4, -0.2) is 16.7 Å². The van der Waals surface area contributed by atoms with Gasteiger partial charge in [-0.25, -0.2) is 4.39 Å². The number of imide groups is 1. The third kappa shape index (κ3) is 2.90. The van der Waals surface area contributed by atoms with Crippen LogP contribution < -0.4 is 0 Å². The Bertz CT molecular complexity index is 1320. The van der Waals surface area contributed by atoms with E-state index in [0.717, 1.165) is 16.0 Å². The van der Waals surface area contributed by atoms with Crippen molar-refractivity contribution in [1.29, 1.82) is 0 Å². The van der Waals surface area contributed by atoms with E-state index in [4.69, 9.17) is 16.0 Å². The fourth-order valence-corrected chi connectivity index (χ4v) is 4.14. The molecule has 3 aromatic carbocycles. The Morgan fingerprint density at radius 2 is 1.60 bits per heavy atom. The summed E-state index contributed by atoms with van der Waals surface area (Å²) in [5, 5.41) is 1.15. The molecule has 0 spiro atoms. The van der Waals surface area contributed by atoms with E-state index in [1.54, 1.807) is 42.5 Å². The van der Waals surface area contributed by atoms with Gasteiger partial charge in [0.2, 0.25) is 0 Å². The van der Waals surface area contributed by atoms with E-state index in [1.165, 1.54) is 12.1 Å². The molecule has 0 bridgehead atoms. The van der Waals surface area contributed by atoms with Gasteiger partial charge < -0.3 is 4.42 Å². The molecule has 0 atom stereocenters. The Balaban J connectivity index is 1.57. The Morgan fingerprint density at radius 1 is 0.900 bits per heavy atom. The van der Waals surface area contributed by atoms with Crippen LogP contribution in [0.4, 0.5) is 4.39 Å². The number of aryl methyl sites for hydroxylation is 1. The number of furan rings is 1. The van der Waals surface area contributed by atoms with Crippen molar-refractivity contribution in [2.24, 2.45) is 0 Å². The number of benzene rings is 3. The lowest BCUT2D eigenvalue weighted by Crippen LogP contribution is -2.28. The lowest BCUT2D eigenvalue weighted by Gasteiger charge is -2.11. The quantitative estimate of drug-likeness (QED) is 0.383. The minimum atomic E-state index is -0.403. The molecule has 0 N–H and O–H groups in total. The molecular formula is C24H15ClFNO3. The molecule has 2 amide bonds. The predicted molar refractivity (Wildman–Crippen MR) is 112 cm³/mol. The number of carbonyl (C=O) groups is 2. The van der Waals surface area contributed by atoms with Gasteiger partial charge in [0.1, 0.15) is 17.2 Å². The number of fused-ring (bicyclic) bond motifs is 2. The Kier molecular flexibility index (Phi) is 4.22. The number of hydrogen-bond acceptors (Lipinski definition) is 3. The zero-order valence-corrected chi connectivity index (χ0v) is 16.7. The molecular weight excluding hydrogens is 405 g/mol. The van der Waals surface area contributed by atoms with E-state index in [2.05, 4.69) is 0 Å².